The minimum atomic E-state index is -0.217. The Bertz CT molecular complexity index is 631. The Hall–Kier alpha value is -2.32. The molecule has 0 atom stereocenters. The molecule has 1 fully saturated rings. The third kappa shape index (κ3) is 4.21. The Morgan fingerprint density at radius 3 is 2.92 bits per heavy atom. The molecule has 8 nitrogen and oxygen atoms in total. The molecule has 2 aliphatic rings. The van der Waals surface area contributed by atoms with Crippen LogP contribution in [0.25, 0.3) is 0 Å². The second-order valence-corrected chi connectivity index (χ2v) is 6.00. The fraction of sp³-hybridized carbons (Fsp3) is 0.529. The molecule has 0 aliphatic carbocycles. The first kappa shape index (κ1) is 17.5. The fourth-order valence-electron chi connectivity index (χ4n) is 2.98. The molecule has 1 aromatic rings. The lowest BCUT2D eigenvalue weighted by Gasteiger charge is -2.33. The van der Waals surface area contributed by atoms with Gasteiger partial charge in [-0.05, 0) is 18.2 Å². The highest BCUT2D eigenvalue weighted by Gasteiger charge is 2.28. The number of anilines is 2. The van der Waals surface area contributed by atoms with Gasteiger partial charge in [-0.25, -0.2) is 0 Å². The standard InChI is InChI=1S/C17H24N4O4/c1-24-9-6-19-16(22)11-21-14-10-13(20-7-4-18-5-8-20)2-3-15(14)25-12-17(21)23/h2-3,10,18H,4-9,11-12H2,1H3,(H,19,22). The van der Waals surface area contributed by atoms with Crippen molar-refractivity contribution in [2.75, 3.05) is 69.4 Å². The third-order valence-electron chi connectivity index (χ3n) is 4.30. The monoisotopic (exact) mass is 348 g/mol. The lowest BCUT2D eigenvalue weighted by Crippen LogP contribution is -2.46. The molecule has 3 rings (SSSR count). The summed E-state index contributed by atoms with van der Waals surface area (Å²) >= 11 is 0. The number of nitrogens with zero attached hydrogens (tertiary/aromatic N) is 2. The van der Waals surface area contributed by atoms with E-state index in [0.717, 1.165) is 31.9 Å². The lowest BCUT2D eigenvalue weighted by molar-refractivity contribution is -0.125. The van der Waals surface area contributed by atoms with Gasteiger partial charge in [0.2, 0.25) is 5.91 Å². The van der Waals surface area contributed by atoms with E-state index in [0.29, 0.717) is 24.6 Å². The molecule has 2 amide bonds. The number of hydrogen-bond acceptors (Lipinski definition) is 6. The largest absolute Gasteiger partial charge is 0.482 e. The number of benzene rings is 1. The molecule has 0 spiro atoms. The Balaban J connectivity index is 1.76. The van der Waals surface area contributed by atoms with Crippen molar-refractivity contribution in [1.82, 2.24) is 10.6 Å². The van der Waals surface area contributed by atoms with Crippen molar-refractivity contribution in [2.24, 2.45) is 0 Å². The Labute approximate surface area is 147 Å². The minimum Gasteiger partial charge on any atom is -0.482 e. The summed E-state index contributed by atoms with van der Waals surface area (Å²) in [7, 11) is 1.57. The molecule has 8 heteroatoms. The third-order valence-corrected chi connectivity index (χ3v) is 4.30. The van der Waals surface area contributed by atoms with E-state index in [2.05, 4.69) is 15.5 Å². The van der Waals surface area contributed by atoms with Crippen molar-refractivity contribution in [3.05, 3.63) is 18.2 Å². The second-order valence-electron chi connectivity index (χ2n) is 6.00. The molecule has 0 unspecified atom stereocenters. The number of carbonyl (C=O) groups excluding carboxylic acids is 2. The van der Waals surface area contributed by atoms with Crippen LogP contribution < -0.4 is 25.2 Å². The quantitative estimate of drug-likeness (QED) is 0.680. The average molecular weight is 348 g/mol. The van der Waals surface area contributed by atoms with Crippen LogP contribution >= 0.6 is 0 Å². The molecular formula is C17H24N4O4. The number of piperazine rings is 1. The first-order chi connectivity index (χ1) is 12.2. The summed E-state index contributed by atoms with van der Waals surface area (Å²) in [5.74, 6) is 0.195. The number of nitrogens with one attached hydrogen (secondary N) is 2. The highest BCUT2D eigenvalue weighted by molar-refractivity contribution is 6.02. The Morgan fingerprint density at radius 2 is 2.16 bits per heavy atom. The zero-order chi connectivity index (χ0) is 17.6. The van der Waals surface area contributed by atoms with Crippen LogP contribution in [0.1, 0.15) is 0 Å². The number of amides is 2. The number of hydrogen-bond donors (Lipinski definition) is 2. The smallest absolute Gasteiger partial charge is 0.265 e. The van der Waals surface area contributed by atoms with Gasteiger partial charge in [0.05, 0.1) is 12.3 Å². The maximum Gasteiger partial charge on any atom is 0.265 e. The van der Waals surface area contributed by atoms with Crippen molar-refractivity contribution in [3.8, 4) is 5.75 Å². The van der Waals surface area contributed by atoms with Gasteiger partial charge < -0.3 is 25.0 Å². The molecule has 1 aromatic carbocycles. The Kier molecular flexibility index (Phi) is 5.72. The van der Waals surface area contributed by atoms with Gasteiger partial charge in [-0.15, -0.1) is 0 Å². The van der Waals surface area contributed by atoms with E-state index in [1.54, 1.807) is 7.11 Å². The predicted octanol–water partition coefficient (Wildman–Crippen LogP) is -0.416. The molecule has 2 aliphatic heterocycles. The van der Waals surface area contributed by atoms with Crippen LogP contribution in [0.3, 0.4) is 0 Å². The summed E-state index contributed by atoms with van der Waals surface area (Å²) < 4.78 is 10.4. The van der Waals surface area contributed by atoms with Crippen LogP contribution in [0.2, 0.25) is 0 Å². The average Bonchev–Trinajstić information content (AvgIpc) is 2.65. The van der Waals surface area contributed by atoms with Gasteiger partial charge in [0.25, 0.3) is 5.91 Å². The van der Waals surface area contributed by atoms with E-state index in [9.17, 15) is 9.59 Å². The summed E-state index contributed by atoms with van der Waals surface area (Å²) in [6, 6.07) is 5.80. The molecule has 0 saturated carbocycles. The number of carbonyl (C=O) groups is 2. The number of rotatable bonds is 6. The zero-order valence-corrected chi connectivity index (χ0v) is 14.4. The number of methoxy groups -OCH3 is 1. The van der Waals surface area contributed by atoms with Gasteiger partial charge in [-0.2, -0.15) is 0 Å². The summed E-state index contributed by atoms with van der Waals surface area (Å²) in [6.45, 7) is 4.45. The number of fused-ring (bicyclic) bond motifs is 1. The normalized spacial score (nSPS) is 17.1. The molecule has 0 aromatic heterocycles. The molecule has 25 heavy (non-hydrogen) atoms. The van der Waals surface area contributed by atoms with E-state index in [1.807, 2.05) is 18.2 Å². The van der Waals surface area contributed by atoms with Crippen molar-refractivity contribution < 1.29 is 19.1 Å². The lowest BCUT2D eigenvalue weighted by atomic mass is 10.1. The van der Waals surface area contributed by atoms with Crippen molar-refractivity contribution >= 4 is 23.2 Å². The van der Waals surface area contributed by atoms with Gasteiger partial charge in [0.15, 0.2) is 6.61 Å². The topological polar surface area (TPSA) is 83.1 Å². The molecule has 2 heterocycles. The van der Waals surface area contributed by atoms with Crippen LogP contribution in [-0.4, -0.2) is 71.4 Å². The van der Waals surface area contributed by atoms with Gasteiger partial charge in [0.1, 0.15) is 12.3 Å². The van der Waals surface area contributed by atoms with Crippen molar-refractivity contribution in [2.45, 2.75) is 0 Å². The minimum absolute atomic E-state index is 0.0239. The van der Waals surface area contributed by atoms with Gasteiger partial charge in [-0.1, -0.05) is 0 Å². The van der Waals surface area contributed by atoms with Gasteiger partial charge in [-0.3, -0.25) is 14.5 Å². The maximum atomic E-state index is 12.3. The second kappa shape index (κ2) is 8.17. The van der Waals surface area contributed by atoms with E-state index in [-0.39, 0.29) is 25.0 Å². The molecular weight excluding hydrogens is 324 g/mol. The molecule has 1 saturated heterocycles. The fourth-order valence-corrected chi connectivity index (χ4v) is 2.98. The van der Waals surface area contributed by atoms with Gasteiger partial charge in [0, 0.05) is 45.5 Å². The van der Waals surface area contributed by atoms with Crippen LogP contribution in [0, 0.1) is 0 Å². The van der Waals surface area contributed by atoms with E-state index >= 15 is 0 Å². The highest BCUT2D eigenvalue weighted by atomic mass is 16.5. The first-order valence-corrected chi connectivity index (χ1v) is 8.47. The first-order valence-electron chi connectivity index (χ1n) is 8.47. The van der Waals surface area contributed by atoms with E-state index < -0.39 is 0 Å². The predicted molar refractivity (Wildman–Crippen MR) is 94.3 cm³/mol. The Morgan fingerprint density at radius 1 is 1.36 bits per heavy atom. The van der Waals surface area contributed by atoms with Crippen molar-refractivity contribution in [1.29, 1.82) is 0 Å². The van der Waals surface area contributed by atoms with Crippen LogP contribution in [0.5, 0.6) is 5.75 Å². The van der Waals surface area contributed by atoms with Gasteiger partial charge >= 0.3 is 0 Å². The highest BCUT2D eigenvalue weighted by Crippen LogP contribution is 2.35. The van der Waals surface area contributed by atoms with Crippen LogP contribution in [0.4, 0.5) is 11.4 Å². The number of ether oxygens (including phenoxy) is 2. The summed E-state index contributed by atoms with van der Waals surface area (Å²) in [4.78, 5) is 28.1. The molecule has 136 valence electrons. The van der Waals surface area contributed by atoms with Crippen LogP contribution in [-0.2, 0) is 14.3 Å². The van der Waals surface area contributed by atoms with Crippen molar-refractivity contribution in [3.63, 3.8) is 0 Å². The van der Waals surface area contributed by atoms with E-state index in [4.69, 9.17) is 9.47 Å². The van der Waals surface area contributed by atoms with E-state index in [1.165, 1.54) is 4.90 Å². The maximum absolute atomic E-state index is 12.3. The zero-order valence-electron chi connectivity index (χ0n) is 14.4. The SMILES string of the molecule is COCCNC(=O)CN1C(=O)COc2ccc(N3CCNCC3)cc21. The van der Waals surface area contributed by atoms with Crippen LogP contribution in [0.15, 0.2) is 18.2 Å². The summed E-state index contributed by atoms with van der Waals surface area (Å²) in [6.07, 6.45) is 0. The summed E-state index contributed by atoms with van der Waals surface area (Å²) in [5.41, 5.74) is 1.68. The molecule has 0 bridgehead atoms. The molecule has 0 radical (unpaired) electrons. The summed E-state index contributed by atoms with van der Waals surface area (Å²) in [5, 5.41) is 6.06. The molecule has 2 N–H and O–H groups in total.